The molecule has 2 aliphatic rings. The highest BCUT2D eigenvalue weighted by atomic mass is 16.2. The van der Waals surface area contributed by atoms with Crippen molar-refractivity contribution < 1.29 is 19.2 Å². The number of piperazine rings is 2. The molecular formula is C18H22N4O4. The zero-order valence-corrected chi connectivity index (χ0v) is 14.9. The smallest absolute Gasteiger partial charge is 0.245 e. The summed E-state index contributed by atoms with van der Waals surface area (Å²) in [5.74, 6) is -1.15. The van der Waals surface area contributed by atoms with Gasteiger partial charge in [-0.15, -0.1) is 0 Å². The summed E-state index contributed by atoms with van der Waals surface area (Å²) >= 11 is 0. The molecule has 1 aromatic rings. The molecule has 138 valence electrons. The number of aryl methyl sites for hydroxylation is 2. The average molecular weight is 358 g/mol. The largest absolute Gasteiger partial charge is 0.345 e. The van der Waals surface area contributed by atoms with E-state index in [1.165, 1.54) is 9.80 Å². The molecule has 8 nitrogen and oxygen atoms in total. The first-order valence-electron chi connectivity index (χ1n) is 8.57. The fourth-order valence-electron chi connectivity index (χ4n) is 3.31. The summed E-state index contributed by atoms with van der Waals surface area (Å²) in [5, 5.41) is 5.28. The molecule has 2 aliphatic heterocycles. The Morgan fingerprint density at radius 3 is 2.73 bits per heavy atom. The van der Waals surface area contributed by atoms with Crippen LogP contribution in [0, 0.1) is 13.8 Å². The summed E-state index contributed by atoms with van der Waals surface area (Å²) < 4.78 is 0. The van der Waals surface area contributed by atoms with Crippen molar-refractivity contribution in [2.24, 2.45) is 0 Å². The molecule has 4 amide bonds. The third kappa shape index (κ3) is 3.68. The summed E-state index contributed by atoms with van der Waals surface area (Å²) in [4.78, 5) is 51.4. The zero-order chi connectivity index (χ0) is 18.8. The minimum Gasteiger partial charge on any atom is -0.345 e. The molecule has 0 saturated carbocycles. The Morgan fingerprint density at radius 2 is 2.00 bits per heavy atom. The molecule has 26 heavy (non-hydrogen) atoms. The van der Waals surface area contributed by atoms with Crippen molar-refractivity contribution in [2.45, 2.75) is 26.3 Å². The van der Waals surface area contributed by atoms with E-state index in [0.717, 1.165) is 11.1 Å². The summed E-state index contributed by atoms with van der Waals surface area (Å²) in [6.07, 6.45) is -0.296. The fourth-order valence-corrected chi connectivity index (χ4v) is 3.31. The van der Waals surface area contributed by atoms with Gasteiger partial charge in [-0.25, -0.2) is 0 Å². The minimum absolute atomic E-state index is 0.00157. The van der Waals surface area contributed by atoms with E-state index >= 15 is 0 Å². The zero-order valence-electron chi connectivity index (χ0n) is 14.9. The van der Waals surface area contributed by atoms with Crippen LogP contribution in [-0.4, -0.2) is 65.6 Å². The molecule has 1 atom stereocenters. The Kier molecular flexibility index (Phi) is 4.92. The maximum absolute atomic E-state index is 12.4. The standard InChI is InChI=1S/C18H22N4O4/c1-11-3-4-13(12(2)7-11)20-15(23)8-16(24)21-5-6-22-14(10-21)18(26)19-9-17(22)25/h3-4,7,14H,5-6,8-10H2,1-2H3,(H,19,26)(H,20,23). The molecule has 0 aromatic heterocycles. The van der Waals surface area contributed by atoms with Crippen LogP contribution in [0.25, 0.3) is 0 Å². The second-order valence-electron chi connectivity index (χ2n) is 6.70. The number of amides is 4. The van der Waals surface area contributed by atoms with E-state index in [4.69, 9.17) is 0 Å². The van der Waals surface area contributed by atoms with Crippen molar-refractivity contribution in [2.75, 3.05) is 31.5 Å². The number of benzene rings is 1. The number of rotatable bonds is 3. The van der Waals surface area contributed by atoms with Gasteiger partial charge >= 0.3 is 0 Å². The predicted octanol–water partition coefficient (Wildman–Crippen LogP) is -0.199. The van der Waals surface area contributed by atoms with E-state index in [9.17, 15) is 19.2 Å². The molecule has 0 radical (unpaired) electrons. The van der Waals surface area contributed by atoms with Crippen LogP contribution < -0.4 is 10.6 Å². The van der Waals surface area contributed by atoms with Gasteiger partial charge in [-0.3, -0.25) is 19.2 Å². The quantitative estimate of drug-likeness (QED) is 0.731. The number of hydrogen-bond acceptors (Lipinski definition) is 4. The van der Waals surface area contributed by atoms with Gasteiger partial charge in [0.05, 0.1) is 13.1 Å². The van der Waals surface area contributed by atoms with Crippen molar-refractivity contribution >= 4 is 29.3 Å². The van der Waals surface area contributed by atoms with Crippen molar-refractivity contribution in [1.29, 1.82) is 0 Å². The molecule has 0 spiro atoms. The van der Waals surface area contributed by atoms with Crippen molar-refractivity contribution in [3.8, 4) is 0 Å². The minimum atomic E-state index is -0.670. The fraction of sp³-hybridized carbons (Fsp3) is 0.444. The van der Waals surface area contributed by atoms with E-state index in [1.54, 1.807) is 0 Å². The van der Waals surface area contributed by atoms with Crippen LogP contribution in [0.15, 0.2) is 18.2 Å². The van der Waals surface area contributed by atoms with Crippen LogP contribution in [0.3, 0.4) is 0 Å². The van der Waals surface area contributed by atoms with Gasteiger partial charge in [0, 0.05) is 18.8 Å². The number of nitrogens with one attached hydrogen (secondary N) is 2. The first kappa shape index (κ1) is 17.9. The molecule has 0 aliphatic carbocycles. The highest BCUT2D eigenvalue weighted by Gasteiger charge is 2.39. The normalized spacial score (nSPS) is 19.7. The number of fused-ring (bicyclic) bond motifs is 1. The van der Waals surface area contributed by atoms with E-state index < -0.39 is 11.9 Å². The van der Waals surface area contributed by atoms with Crippen molar-refractivity contribution in [3.63, 3.8) is 0 Å². The number of hydrogen-bond donors (Lipinski definition) is 2. The van der Waals surface area contributed by atoms with Gasteiger partial charge in [0.1, 0.15) is 12.5 Å². The van der Waals surface area contributed by atoms with Gasteiger partial charge in [0.2, 0.25) is 23.6 Å². The van der Waals surface area contributed by atoms with Crippen LogP contribution in [0.5, 0.6) is 0 Å². The van der Waals surface area contributed by atoms with Crippen LogP contribution in [0.1, 0.15) is 17.5 Å². The summed E-state index contributed by atoms with van der Waals surface area (Å²) in [6, 6.07) is 4.98. The monoisotopic (exact) mass is 358 g/mol. The van der Waals surface area contributed by atoms with Crippen molar-refractivity contribution in [3.05, 3.63) is 29.3 Å². The van der Waals surface area contributed by atoms with Gasteiger partial charge in [-0.05, 0) is 25.5 Å². The first-order chi connectivity index (χ1) is 12.3. The molecule has 2 heterocycles. The molecule has 8 heteroatoms. The lowest BCUT2D eigenvalue weighted by Gasteiger charge is -2.42. The first-order valence-corrected chi connectivity index (χ1v) is 8.57. The Hall–Kier alpha value is -2.90. The topological polar surface area (TPSA) is 98.8 Å². The highest BCUT2D eigenvalue weighted by molar-refractivity contribution is 6.04. The van der Waals surface area contributed by atoms with Gasteiger partial charge in [0.15, 0.2) is 0 Å². The van der Waals surface area contributed by atoms with E-state index in [-0.39, 0.29) is 37.2 Å². The van der Waals surface area contributed by atoms with Gasteiger partial charge < -0.3 is 20.4 Å². The highest BCUT2D eigenvalue weighted by Crippen LogP contribution is 2.17. The van der Waals surface area contributed by atoms with Crippen molar-refractivity contribution in [1.82, 2.24) is 15.1 Å². The van der Waals surface area contributed by atoms with Gasteiger partial charge in [-0.1, -0.05) is 17.7 Å². The molecule has 1 aromatic carbocycles. The Bertz CT molecular complexity index is 776. The predicted molar refractivity (Wildman–Crippen MR) is 94.3 cm³/mol. The Morgan fingerprint density at radius 1 is 1.23 bits per heavy atom. The Balaban J connectivity index is 1.58. The third-order valence-electron chi connectivity index (χ3n) is 4.74. The number of carbonyl (C=O) groups excluding carboxylic acids is 4. The van der Waals surface area contributed by atoms with E-state index in [2.05, 4.69) is 10.6 Å². The Labute approximate surface area is 151 Å². The van der Waals surface area contributed by atoms with Gasteiger partial charge in [-0.2, -0.15) is 0 Å². The molecule has 0 bridgehead atoms. The van der Waals surface area contributed by atoms with Crippen LogP contribution in [-0.2, 0) is 19.2 Å². The second-order valence-corrected chi connectivity index (χ2v) is 6.70. The molecule has 2 N–H and O–H groups in total. The molecule has 3 rings (SSSR count). The van der Waals surface area contributed by atoms with E-state index in [1.807, 2.05) is 32.0 Å². The second kappa shape index (κ2) is 7.15. The summed E-state index contributed by atoms with van der Waals surface area (Å²) in [5.41, 5.74) is 2.70. The van der Waals surface area contributed by atoms with Crippen LogP contribution in [0.2, 0.25) is 0 Å². The lowest BCUT2D eigenvalue weighted by molar-refractivity contribution is -0.152. The summed E-state index contributed by atoms with van der Waals surface area (Å²) in [7, 11) is 0. The molecule has 2 saturated heterocycles. The van der Waals surface area contributed by atoms with Gasteiger partial charge in [0.25, 0.3) is 0 Å². The maximum Gasteiger partial charge on any atom is 0.245 e. The molecule has 1 unspecified atom stereocenters. The maximum atomic E-state index is 12.4. The van der Waals surface area contributed by atoms with E-state index in [0.29, 0.717) is 18.8 Å². The SMILES string of the molecule is Cc1ccc(NC(=O)CC(=O)N2CCN3C(=O)CNC(=O)C3C2)c(C)c1. The summed E-state index contributed by atoms with van der Waals surface area (Å²) in [6.45, 7) is 4.61. The number of carbonyl (C=O) groups is 4. The third-order valence-corrected chi connectivity index (χ3v) is 4.74. The molecule has 2 fully saturated rings. The lowest BCUT2D eigenvalue weighted by Crippen LogP contribution is -2.66. The number of anilines is 1. The lowest BCUT2D eigenvalue weighted by atomic mass is 10.1. The van der Waals surface area contributed by atoms with Crippen LogP contribution in [0.4, 0.5) is 5.69 Å². The average Bonchev–Trinajstić information content (AvgIpc) is 2.60. The number of nitrogens with zero attached hydrogens (tertiary/aromatic N) is 2. The molecular weight excluding hydrogens is 336 g/mol. The van der Waals surface area contributed by atoms with Crippen LogP contribution >= 0.6 is 0 Å².